The minimum absolute atomic E-state index is 0.00564. The van der Waals surface area contributed by atoms with Gasteiger partial charge in [0, 0.05) is 23.4 Å². The number of fused-ring (bicyclic) bond motifs is 2. The molecule has 0 aliphatic heterocycles. The van der Waals surface area contributed by atoms with Crippen molar-refractivity contribution in [1.82, 2.24) is 0 Å². The highest BCUT2D eigenvalue weighted by atomic mass is 35.5. The molecule has 36 heavy (non-hydrogen) atoms. The van der Waals surface area contributed by atoms with Crippen LogP contribution < -0.4 is 5.32 Å². The number of aliphatic hydroxyl groups excluding tert-OH is 1. The topological polar surface area (TPSA) is 113 Å². The maximum absolute atomic E-state index is 13.7. The molecule has 4 atom stereocenters. The molecule has 0 spiro atoms. The molecule has 7 nitrogen and oxygen atoms in total. The fourth-order valence-corrected chi connectivity index (χ4v) is 8.27. The summed E-state index contributed by atoms with van der Waals surface area (Å²) in [5.41, 5.74) is -1.66. The van der Waals surface area contributed by atoms with Crippen LogP contribution in [-0.2, 0) is 14.6 Å². The average Bonchev–Trinajstić information content (AvgIpc) is 3.11. The van der Waals surface area contributed by atoms with Crippen LogP contribution in [0.4, 0.5) is 18.9 Å². The number of aliphatic hydroxyl groups is 2. The van der Waals surface area contributed by atoms with E-state index in [1.54, 1.807) is 0 Å². The largest absolute Gasteiger partial charge is 0.394 e. The van der Waals surface area contributed by atoms with Crippen molar-refractivity contribution >= 4 is 33.0 Å². The first kappa shape index (κ1) is 26.9. The van der Waals surface area contributed by atoms with Gasteiger partial charge in [0.1, 0.15) is 0 Å². The van der Waals surface area contributed by atoms with Gasteiger partial charge >= 0.3 is 0 Å². The summed E-state index contributed by atoms with van der Waals surface area (Å²) >= 11 is 6.24. The Morgan fingerprint density at radius 3 is 2.31 bits per heavy atom. The number of ether oxygens (including phenoxy) is 1. The van der Waals surface area contributed by atoms with Gasteiger partial charge in [0.2, 0.25) is 0 Å². The Kier molecular flexibility index (Phi) is 7.68. The Balaban J connectivity index is 1.57. The Morgan fingerprint density at radius 1 is 1.11 bits per heavy atom. The monoisotopic (exact) mass is 547 g/mol. The van der Waals surface area contributed by atoms with Crippen LogP contribution in [0.25, 0.3) is 0 Å². The molecule has 2 saturated carbocycles. The van der Waals surface area contributed by atoms with E-state index < -0.39 is 44.0 Å². The second-order valence-corrected chi connectivity index (χ2v) is 11.9. The van der Waals surface area contributed by atoms with Gasteiger partial charge in [0.25, 0.3) is 5.91 Å². The zero-order valence-corrected chi connectivity index (χ0v) is 20.6. The molecule has 1 amide bonds. The number of benzene rings is 2. The molecule has 2 fully saturated rings. The number of sulfone groups is 1. The highest BCUT2D eigenvalue weighted by Crippen LogP contribution is 2.51. The predicted octanol–water partition coefficient (Wildman–Crippen LogP) is 3.71. The SMILES string of the molecule is O=C(Nc1cc(F)c(F)c(F)c1)c1ccc(Cl)c(S(=O)(=O)C2C3CC[C@H]2CC(O)(COCCO)C3)c1. The maximum Gasteiger partial charge on any atom is 0.255 e. The van der Waals surface area contributed by atoms with Crippen LogP contribution >= 0.6 is 11.6 Å². The van der Waals surface area contributed by atoms with E-state index in [1.807, 2.05) is 0 Å². The van der Waals surface area contributed by atoms with Crippen molar-refractivity contribution in [3.8, 4) is 0 Å². The zero-order valence-electron chi connectivity index (χ0n) is 19.0. The van der Waals surface area contributed by atoms with E-state index in [0.29, 0.717) is 25.0 Å². The Morgan fingerprint density at radius 2 is 1.72 bits per heavy atom. The highest BCUT2D eigenvalue weighted by molar-refractivity contribution is 7.92. The molecule has 2 aromatic carbocycles. The van der Waals surface area contributed by atoms with Gasteiger partial charge in [-0.25, -0.2) is 21.6 Å². The van der Waals surface area contributed by atoms with Gasteiger partial charge < -0.3 is 20.3 Å². The third-order valence-corrected chi connectivity index (χ3v) is 9.71. The van der Waals surface area contributed by atoms with Gasteiger partial charge in [-0.15, -0.1) is 0 Å². The molecule has 0 radical (unpaired) electrons. The van der Waals surface area contributed by atoms with Crippen molar-refractivity contribution in [2.24, 2.45) is 11.8 Å². The quantitative estimate of drug-likeness (QED) is 0.343. The number of halogens is 4. The number of hydrogen-bond donors (Lipinski definition) is 3. The second-order valence-electron chi connectivity index (χ2n) is 9.37. The molecule has 2 aliphatic carbocycles. The Labute approximate surface area is 211 Å². The summed E-state index contributed by atoms with van der Waals surface area (Å²) < 4.78 is 72.9. The standard InChI is InChI=1S/C24H25ClF3NO6S/c25-17-4-3-13(23(31)29-16-8-18(26)21(28)19(27)9-16)7-20(17)36(33,34)22-14-1-2-15(22)11-24(32,10-14)12-35-6-5-30/h3-4,7-9,14-15,22,30,32H,1-2,5-6,10-12H2,(H,29,31)/t14-,15?,22?,24?/m0/s1. The first-order valence-electron chi connectivity index (χ1n) is 11.4. The minimum atomic E-state index is -4.03. The van der Waals surface area contributed by atoms with E-state index in [0.717, 1.165) is 6.07 Å². The van der Waals surface area contributed by atoms with Gasteiger partial charge in [-0.1, -0.05) is 11.6 Å². The lowest BCUT2D eigenvalue weighted by Crippen LogP contribution is -2.48. The summed E-state index contributed by atoms with van der Waals surface area (Å²) in [6.45, 7) is -0.122. The summed E-state index contributed by atoms with van der Waals surface area (Å²) in [6, 6.07) is 4.83. The van der Waals surface area contributed by atoms with Gasteiger partial charge in [0.15, 0.2) is 27.3 Å². The summed E-state index contributed by atoms with van der Waals surface area (Å²) in [5, 5.41) is 21.2. The molecule has 4 rings (SSSR count). The number of rotatable bonds is 8. The molecule has 0 aromatic heterocycles. The predicted molar refractivity (Wildman–Crippen MR) is 125 cm³/mol. The average molecular weight is 548 g/mol. The first-order chi connectivity index (χ1) is 16.9. The van der Waals surface area contributed by atoms with E-state index in [4.69, 9.17) is 21.4 Å². The second kappa shape index (κ2) is 10.3. The molecule has 196 valence electrons. The van der Waals surface area contributed by atoms with E-state index >= 15 is 0 Å². The normalized spacial score (nSPS) is 25.7. The third kappa shape index (κ3) is 5.26. The van der Waals surface area contributed by atoms with E-state index in [2.05, 4.69) is 5.32 Å². The summed E-state index contributed by atoms with van der Waals surface area (Å²) in [5.74, 6) is -6.22. The van der Waals surface area contributed by atoms with Crippen LogP contribution in [0.2, 0.25) is 5.02 Å². The molecular weight excluding hydrogens is 523 g/mol. The van der Waals surface area contributed by atoms with Gasteiger partial charge in [-0.3, -0.25) is 4.79 Å². The Bertz CT molecular complexity index is 1240. The van der Waals surface area contributed by atoms with Crippen LogP contribution in [0.3, 0.4) is 0 Å². The molecular formula is C24H25ClF3NO6S. The smallest absolute Gasteiger partial charge is 0.255 e. The lowest BCUT2D eigenvalue weighted by atomic mass is 9.77. The molecule has 0 heterocycles. The van der Waals surface area contributed by atoms with Crippen molar-refractivity contribution in [3.63, 3.8) is 0 Å². The molecule has 12 heteroatoms. The number of carbonyl (C=O) groups excluding carboxylic acids is 1. The van der Waals surface area contributed by atoms with Gasteiger partial charge in [-0.2, -0.15) is 0 Å². The highest BCUT2D eigenvalue weighted by Gasteiger charge is 2.54. The van der Waals surface area contributed by atoms with E-state index in [-0.39, 0.29) is 65.7 Å². The van der Waals surface area contributed by atoms with Crippen molar-refractivity contribution < 1.29 is 41.3 Å². The van der Waals surface area contributed by atoms with Crippen LogP contribution in [0, 0.1) is 29.3 Å². The first-order valence-corrected chi connectivity index (χ1v) is 13.3. The van der Waals surface area contributed by atoms with Gasteiger partial charge in [0.05, 0.1) is 40.6 Å². The van der Waals surface area contributed by atoms with Crippen molar-refractivity contribution in [3.05, 3.63) is 58.4 Å². The fraction of sp³-hybridized carbons (Fsp3) is 0.458. The molecule has 2 aromatic rings. The van der Waals surface area contributed by atoms with Crippen molar-refractivity contribution in [1.29, 1.82) is 0 Å². The summed E-state index contributed by atoms with van der Waals surface area (Å²) in [6.07, 6.45) is 1.60. The van der Waals surface area contributed by atoms with Crippen LogP contribution in [0.5, 0.6) is 0 Å². The van der Waals surface area contributed by atoms with Gasteiger partial charge in [-0.05, 0) is 55.7 Å². The van der Waals surface area contributed by atoms with Crippen LogP contribution in [-0.4, -0.2) is 55.2 Å². The molecule has 2 aliphatic rings. The van der Waals surface area contributed by atoms with Crippen LogP contribution in [0.15, 0.2) is 35.2 Å². The third-order valence-electron chi connectivity index (χ3n) is 6.83. The molecule has 0 saturated heterocycles. The lowest BCUT2D eigenvalue weighted by Gasteiger charge is -2.40. The Hall–Kier alpha value is -2.18. The van der Waals surface area contributed by atoms with Crippen molar-refractivity contribution in [2.45, 2.75) is 41.4 Å². The zero-order chi connectivity index (χ0) is 26.3. The molecule has 3 unspecified atom stereocenters. The summed E-state index contributed by atoms with van der Waals surface area (Å²) in [4.78, 5) is 12.4. The number of anilines is 1. The maximum atomic E-state index is 13.7. The molecule has 2 bridgehead atoms. The molecule has 3 N–H and O–H groups in total. The van der Waals surface area contributed by atoms with Crippen molar-refractivity contribution in [2.75, 3.05) is 25.1 Å². The fourth-order valence-electron chi connectivity index (χ4n) is 5.43. The van der Waals surface area contributed by atoms with E-state index in [1.165, 1.54) is 12.1 Å². The van der Waals surface area contributed by atoms with Crippen LogP contribution in [0.1, 0.15) is 36.0 Å². The van der Waals surface area contributed by atoms with E-state index in [9.17, 15) is 31.5 Å². The number of nitrogens with one attached hydrogen (secondary N) is 1. The number of hydrogen-bond acceptors (Lipinski definition) is 6. The minimum Gasteiger partial charge on any atom is -0.394 e. The number of carbonyl (C=O) groups is 1. The lowest BCUT2D eigenvalue weighted by molar-refractivity contribution is -0.0864. The number of amides is 1. The summed E-state index contributed by atoms with van der Waals surface area (Å²) in [7, 11) is -4.03.